The van der Waals surface area contributed by atoms with Crippen molar-refractivity contribution in [3.05, 3.63) is 17.0 Å². The number of esters is 1. The highest BCUT2D eigenvalue weighted by molar-refractivity contribution is 7.91. The molecule has 21 heavy (non-hydrogen) atoms. The van der Waals surface area contributed by atoms with E-state index in [1.165, 1.54) is 13.2 Å². The molecule has 1 atom stereocenters. The minimum atomic E-state index is -3.91. The van der Waals surface area contributed by atoms with Crippen LogP contribution in [0.2, 0.25) is 0 Å². The lowest BCUT2D eigenvalue weighted by Gasteiger charge is -2.13. The van der Waals surface area contributed by atoms with Gasteiger partial charge in [-0.1, -0.05) is 6.92 Å². The topological polar surface area (TPSA) is 110 Å². The third-order valence-corrected chi connectivity index (χ3v) is 5.90. The molecule has 0 aromatic carbocycles. The molecule has 118 valence electrons. The van der Waals surface area contributed by atoms with Crippen molar-refractivity contribution in [1.82, 2.24) is 4.72 Å². The van der Waals surface area contributed by atoms with Crippen molar-refractivity contribution in [2.45, 2.75) is 36.4 Å². The Morgan fingerprint density at radius 1 is 1.43 bits per heavy atom. The number of carbonyl (C=O) groups is 2. The highest BCUT2D eigenvalue weighted by Crippen LogP contribution is 2.22. The van der Waals surface area contributed by atoms with E-state index in [1.54, 1.807) is 6.07 Å². The molecular formula is C12H17NO6S2. The monoisotopic (exact) mass is 335 g/mol. The second-order valence-electron chi connectivity index (χ2n) is 4.20. The van der Waals surface area contributed by atoms with Gasteiger partial charge in [-0.2, -0.15) is 4.72 Å². The first-order chi connectivity index (χ1) is 9.80. The Kier molecular flexibility index (Phi) is 6.31. The number of rotatable bonds is 8. The molecule has 2 N–H and O–H groups in total. The van der Waals surface area contributed by atoms with Crippen molar-refractivity contribution < 1.29 is 27.9 Å². The van der Waals surface area contributed by atoms with Crippen LogP contribution in [-0.2, 0) is 30.8 Å². The lowest BCUT2D eigenvalue weighted by Crippen LogP contribution is -2.40. The number of thiophene rings is 1. The molecule has 0 aliphatic rings. The number of methoxy groups -OCH3 is 1. The molecule has 9 heteroatoms. The van der Waals surface area contributed by atoms with Gasteiger partial charge in [0, 0.05) is 11.3 Å². The van der Waals surface area contributed by atoms with E-state index in [1.807, 2.05) is 6.92 Å². The molecule has 0 bridgehead atoms. The summed E-state index contributed by atoms with van der Waals surface area (Å²) in [7, 11) is -2.73. The number of aliphatic carboxylic acids is 1. The van der Waals surface area contributed by atoms with Gasteiger partial charge in [-0.15, -0.1) is 11.3 Å². The van der Waals surface area contributed by atoms with Crippen molar-refractivity contribution in [3.63, 3.8) is 0 Å². The van der Waals surface area contributed by atoms with Gasteiger partial charge in [0.25, 0.3) is 10.0 Å². The Balaban J connectivity index is 2.82. The van der Waals surface area contributed by atoms with E-state index in [4.69, 9.17) is 5.11 Å². The number of carboxylic acids is 1. The minimum absolute atomic E-state index is 0.0590. The Hall–Kier alpha value is -1.45. The summed E-state index contributed by atoms with van der Waals surface area (Å²) in [6, 6.07) is 1.75. The smallest absolute Gasteiger partial charge is 0.321 e. The second kappa shape index (κ2) is 7.53. The molecule has 1 aromatic heterocycles. The molecule has 0 fully saturated rings. The largest absolute Gasteiger partial charge is 0.480 e. The van der Waals surface area contributed by atoms with E-state index in [2.05, 4.69) is 9.46 Å². The van der Waals surface area contributed by atoms with Gasteiger partial charge in [0.05, 0.1) is 7.11 Å². The molecule has 0 aliphatic heterocycles. The van der Waals surface area contributed by atoms with E-state index >= 15 is 0 Å². The van der Waals surface area contributed by atoms with E-state index in [-0.39, 0.29) is 17.1 Å². The zero-order chi connectivity index (χ0) is 16.0. The van der Waals surface area contributed by atoms with E-state index in [0.717, 1.165) is 16.2 Å². The molecule has 0 saturated heterocycles. The maximum Gasteiger partial charge on any atom is 0.321 e. The van der Waals surface area contributed by atoms with Crippen LogP contribution in [0.1, 0.15) is 24.6 Å². The van der Waals surface area contributed by atoms with Crippen LogP contribution in [0, 0.1) is 0 Å². The molecule has 0 aliphatic carbocycles. The van der Waals surface area contributed by atoms with Crippen molar-refractivity contribution in [3.8, 4) is 0 Å². The van der Waals surface area contributed by atoms with E-state index in [9.17, 15) is 18.0 Å². The Labute approximate surface area is 127 Å². The summed E-state index contributed by atoms with van der Waals surface area (Å²) in [6.45, 7) is 1.89. The van der Waals surface area contributed by atoms with Crippen LogP contribution < -0.4 is 4.72 Å². The quantitative estimate of drug-likeness (QED) is 0.686. The molecule has 0 radical (unpaired) electrons. The van der Waals surface area contributed by atoms with E-state index in [0.29, 0.717) is 6.42 Å². The summed E-state index contributed by atoms with van der Waals surface area (Å²) in [4.78, 5) is 23.0. The van der Waals surface area contributed by atoms with Gasteiger partial charge < -0.3 is 9.84 Å². The molecule has 7 nitrogen and oxygen atoms in total. The van der Waals surface area contributed by atoms with Crippen LogP contribution >= 0.6 is 11.3 Å². The molecule has 0 amide bonds. The third-order valence-electron chi connectivity index (χ3n) is 2.71. The average molecular weight is 335 g/mol. The number of carboxylic acid groups (broad SMARTS) is 1. The third kappa shape index (κ3) is 5.10. The number of carbonyl (C=O) groups excluding carboxylic acids is 1. The maximum absolute atomic E-state index is 12.1. The molecular weight excluding hydrogens is 318 g/mol. The normalized spacial score (nSPS) is 12.9. The molecule has 0 spiro atoms. The number of aryl methyl sites for hydroxylation is 1. The first-order valence-corrected chi connectivity index (χ1v) is 8.50. The molecule has 1 unspecified atom stereocenters. The van der Waals surface area contributed by atoms with Gasteiger partial charge in [-0.25, -0.2) is 8.42 Å². The molecule has 1 heterocycles. The van der Waals surface area contributed by atoms with Crippen LogP contribution in [0.3, 0.4) is 0 Å². The first-order valence-electron chi connectivity index (χ1n) is 6.20. The van der Waals surface area contributed by atoms with Crippen molar-refractivity contribution in [2.24, 2.45) is 0 Å². The van der Waals surface area contributed by atoms with Crippen LogP contribution in [0.15, 0.2) is 16.3 Å². The fraction of sp³-hybridized carbons (Fsp3) is 0.500. The van der Waals surface area contributed by atoms with Crippen LogP contribution in [0.4, 0.5) is 0 Å². The number of sulfonamides is 1. The van der Waals surface area contributed by atoms with Crippen molar-refractivity contribution >= 4 is 33.3 Å². The Bertz CT molecular complexity index is 607. The summed E-state index contributed by atoms with van der Waals surface area (Å²) in [5.74, 6) is -1.93. The Morgan fingerprint density at radius 2 is 2.10 bits per heavy atom. The number of hydrogen-bond donors (Lipinski definition) is 2. The maximum atomic E-state index is 12.1. The van der Waals surface area contributed by atoms with Gasteiger partial charge in [0.15, 0.2) is 0 Å². The number of nitrogens with one attached hydrogen (secondary N) is 1. The standard InChI is InChI=1S/C12H17NO6S2/c1-3-8-4-7-11(20-8)21(17,18)13-9(12(15)16)5-6-10(14)19-2/h4,7,9,13H,3,5-6H2,1-2H3,(H,15,16). The predicted octanol–water partition coefficient (Wildman–Crippen LogP) is 0.995. The summed E-state index contributed by atoms with van der Waals surface area (Å²) in [6.07, 6.45) is 0.346. The zero-order valence-electron chi connectivity index (χ0n) is 11.7. The first kappa shape index (κ1) is 17.6. The lowest BCUT2D eigenvalue weighted by molar-refractivity contribution is -0.142. The van der Waals surface area contributed by atoms with Gasteiger partial charge in [0.1, 0.15) is 10.3 Å². The minimum Gasteiger partial charge on any atom is -0.480 e. The van der Waals surface area contributed by atoms with Crippen LogP contribution in [-0.4, -0.2) is 38.6 Å². The summed E-state index contributed by atoms with van der Waals surface area (Å²) in [5.41, 5.74) is 0. The fourth-order valence-electron chi connectivity index (χ4n) is 1.54. The highest BCUT2D eigenvalue weighted by Gasteiger charge is 2.27. The molecule has 0 saturated carbocycles. The van der Waals surface area contributed by atoms with Crippen molar-refractivity contribution in [1.29, 1.82) is 0 Å². The lowest BCUT2D eigenvalue weighted by atomic mass is 10.2. The van der Waals surface area contributed by atoms with E-state index < -0.39 is 28.0 Å². The van der Waals surface area contributed by atoms with Crippen LogP contribution in [0.25, 0.3) is 0 Å². The molecule has 1 aromatic rings. The molecule has 1 rings (SSSR count). The summed E-state index contributed by atoms with van der Waals surface area (Å²) >= 11 is 1.09. The number of ether oxygens (including phenoxy) is 1. The van der Waals surface area contributed by atoms with Crippen LogP contribution in [0.5, 0.6) is 0 Å². The fourth-order valence-corrected chi connectivity index (χ4v) is 4.07. The van der Waals surface area contributed by atoms with Gasteiger partial charge in [-0.3, -0.25) is 9.59 Å². The number of hydrogen-bond acceptors (Lipinski definition) is 6. The zero-order valence-corrected chi connectivity index (χ0v) is 13.3. The average Bonchev–Trinajstić information content (AvgIpc) is 2.92. The van der Waals surface area contributed by atoms with Gasteiger partial charge >= 0.3 is 11.9 Å². The predicted molar refractivity (Wildman–Crippen MR) is 76.7 cm³/mol. The van der Waals surface area contributed by atoms with Crippen molar-refractivity contribution in [2.75, 3.05) is 7.11 Å². The SMILES string of the molecule is CCc1ccc(S(=O)(=O)NC(CCC(=O)OC)C(=O)O)s1. The highest BCUT2D eigenvalue weighted by atomic mass is 32.2. The summed E-state index contributed by atoms with van der Waals surface area (Å²) < 4.78 is 30.8. The summed E-state index contributed by atoms with van der Waals surface area (Å²) in [5, 5.41) is 9.04. The Morgan fingerprint density at radius 3 is 2.57 bits per heavy atom. The van der Waals surface area contributed by atoms with Gasteiger partial charge in [-0.05, 0) is 25.0 Å². The van der Waals surface area contributed by atoms with Gasteiger partial charge in [0.2, 0.25) is 0 Å². The second-order valence-corrected chi connectivity index (χ2v) is 7.31.